The summed E-state index contributed by atoms with van der Waals surface area (Å²) in [6.45, 7) is 2.21. The molecule has 3 amide bonds. The minimum Gasteiger partial charge on any atom is -0.497 e. The first-order valence-electron chi connectivity index (χ1n) is 11.5. The molecule has 0 aliphatic heterocycles. The molecule has 4 N–H and O–H groups in total. The molecule has 1 fully saturated rings. The lowest BCUT2D eigenvalue weighted by Gasteiger charge is -2.24. The molecule has 1 heterocycles. The van der Waals surface area contributed by atoms with Crippen molar-refractivity contribution in [2.24, 2.45) is 5.92 Å². The predicted molar refractivity (Wildman–Crippen MR) is 132 cm³/mol. The van der Waals surface area contributed by atoms with E-state index in [1.165, 1.54) is 11.3 Å². The highest BCUT2D eigenvalue weighted by atomic mass is 32.2. The normalized spacial score (nSPS) is 17.5. The van der Waals surface area contributed by atoms with Gasteiger partial charge in [-0.15, -0.1) is 11.3 Å². The van der Waals surface area contributed by atoms with Gasteiger partial charge < -0.3 is 20.7 Å². The maximum Gasteiger partial charge on any atom is 0.319 e. The van der Waals surface area contributed by atoms with Crippen molar-refractivity contribution in [2.75, 3.05) is 24.3 Å². The van der Waals surface area contributed by atoms with Crippen molar-refractivity contribution in [1.29, 1.82) is 0 Å². The number of hydrogen-bond acceptors (Lipinski definition) is 6. The number of thiophene rings is 1. The van der Waals surface area contributed by atoms with Gasteiger partial charge in [-0.05, 0) is 68.4 Å². The molecular weight excluding hydrogens is 476 g/mol. The Labute approximate surface area is 203 Å². The Morgan fingerprint density at radius 1 is 1.12 bits per heavy atom. The molecule has 2 aromatic rings. The molecule has 11 heteroatoms. The van der Waals surface area contributed by atoms with Crippen molar-refractivity contribution < 1.29 is 22.7 Å². The summed E-state index contributed by atoms with van der Waals surface area (Å²) in [6.07, 6.45) is 4.02. The van der Waals surface area contributed by atoms with Gasteiger partial charge in [-0.3, -0.25) is 4.79 Å². The second-order valence-electron chi connectivity index (χ2n) is 8.59. The lowest BCUT2D eigenvalue weighted by atomic mass is 9.94. The summed E-state index contributed by atoms with van der Waals surface area (Å²) in [5.74, 6) is 0.534. The third kappa shape index (κ3) is 5.70. The van der Waals surface area contributed by atoms with Crippen LogP contribution in [0.5, 0.6) is 5.75 Å². The van der Waals surface area contributed by atoms with Crippen LogP contribution < -0.4 is 25.4 Å². The number of methoxy groups -OCH3 is 1. The molecule has 0 radical (unpaired) electrons. The highest BCUT2D eigenvalue weighted by molar-refractivity contribution is 7.90. The Bertz CT molecular complexity index is 1160. The van der Waals surface area contributed by atoms with E-state index in [-0.39, 0.29) is 28.8 Å². The Morgan fingerprint density at radius 2 is 1.85 bits per heavy atom. The van der Waals surface area contributed by atoms with E-state index < -0.39 is 10.0 Å². The van der Waals surface area contributed by atoms with Gasteiger partial charge >= 0.3 is 6.03 Å². The van der Waals surface area contributed by atoms with Gasteiger partial charge in [0.15, 0.2) is 0 Å². The van der Waals surface area contributed by atoms with Gasteiger partial charge in [0, 0.05) is 29.1 Å². The van der Waals surface area contributed by atoms with E-state index in [0.29, 0.717) is 54.2 Å². The maximum absolute atomic E-state index is 13.2. The summed E-state index contributed by atoms with van der Waals surface area (Å²) in [4.78, 5) is 26.1. The van der Waals surface area contributed by atoms with Gasteiger partial charge in [0.25, 0.3) is 0 Å². The van der Waals surface area contributed by atoms with Crippen LogP contribution in [0.2, 0.25) is 0 Å². The van der Waals surface area contributed by atoms with Crippen LogP contribution in [-0.2, 0) is 27.7 Å². The topological polar surface area (TPSA) is 126 Å². The van der Waals surface area contributed by atoms with Crippen LogP contribution in [0, 0.1) is 5.92 Å². The van der Waals surface area contributed by atoms with Gasteiger partial charge in [-0.2, -0.15) is 0 Å². The number of rotatable bonds is 9. The number of aryl methyl sites for hydroxylation is 1. The molecule has 1 aromatic carbocycles. The number of urea groups is 1. The number of carbonyl (C=O) groups excluding carboxylic acids is 2. The van der Waals surface area contributed by atoms with Crippen LogP contribution in [0.15, 0.2) is 29.2 Å². The van der Waals surface area contributed by atoms with E-state index >= 15 is 0 Å². The van der Waals surface area contributed by atoms with E-state index in [2.05, 4.69) is 20.7 Å². The van der Waals surface area contributed by atoms with Crippen molar-refractivity contribution >= 4 is 44.0 Å². The van der Waals surface area contributed by atoms with Crippen molar-refractivity contribution in [3.05, 3.63) is 34.7 Å². The maximum atomic E-state index is 13.2. The quantitative estimate of drug-likeness (QED) is 0.414. The summed E-state index contributed by atoms with van der Waals surface area (Å²) < 4.78 is 34.1. The molecule has 184 valence electrons. The van der Waals surface area contributed by atoms with Crippen LogP contribution in [0.3, 0.4) is 0 Å². The van der Waals surface area contributed by atoms with E-state index in [4.69, 9.17) is 4.74 Å². The number of fused-ring (bicyclic) bond motifs is 1. The van der Waals surface area contributed by atoms with Crippen LogP contribution >= 0.6 is 11.3 Å². The van der Waals surface area contributed by atoms with Crippen LogP contribution in [0.4, 0.5) is 15.5 Å². The summed E-state index contributed by atoms with van der Waals surface area (Å²) in [5, 5.41) is 9.00. The predicted octanol–water partition coefficient (Wildman–Crippen LogP) is 3.47. The third-order valence-corrected chi connectivity index (χ3v) is 8.80. The van der Waals surface area contributed by atoms with Gasteiger partial charge in [-0.1, -0.05) is 6.92 Å². The third-order valence-electron chi connectivity index (χ3n) is 5.89. The second-order valence-corrected chi connectivity index (χ2v) is 11.4. The van der Waals surface area contributed by atoms with Crippen LogP contribution in [0.25, 0.3) is 0 Å². The molecular formula is C23H30N4O5S2. The molecule has 0 spiro atoms. The minimum atomic E-state index is -3.80. The van der Waals surface area contributed by atoms with Crippen LogP contribution in [-0.4, -0.2) is 40.1 Å². The van der Waals surface area contributed by atoms with E-state index in [0.717, 1.165) is 17.7 Å². The first-order valence-corrected chi connectivity index (χ1v) is 13.8. The zero-order valence-electron chi connectivity index (χ0n) is 19.3. The van der Waals surface area contributed by atoms with E-state index in [1.807, 2.05) is 6.92 Å². The number of ether oxygens (including phenoxy) is 1. The van der Waals surface area contributed by atoms with E-state index in [1.54, 1.807) is 31.4 Å². The van der Waals surface area contributed by atoms with Crippen molar-refractivity contribution in [3.63, 3.8) is 0 Å². The van der Waals surface area contributed by atoms with Crippen molar-refractivity contribution in [2.45, 2.75) is 56.4 Å². The zero-order chi connectivity index (χ0) is 24.3. The summed E-state index contributed by atoms with van der Waals surface area (Å²) in [7, 11) is -2.23. The van der Waals surface area contributed by atoms with Crippen molar-refractivity contribution in [1.82, 2.24) is 10.0 Å². The minimum absolute atomic E-state index is 0.0330. The second kappa shape index (κ2) is 10.3. The summed E-state index contributed by atoms with van der Waals surface area (Å²) >= 11 is 1.33. The lowest BCUT2D eigenvalue weighted by Crippen LogP contribution is -2.41. The molecule has 1 atom stereocenters. The number of anilines is 2. The van der Waals surface area contributed by atoms with Gasteiger partial charge in [0.05, 0.1) is 7.11 Å². The highest BCUT2D eigenvalue weighted by Gasteiger charge is 2.36. The average Bonchev–Trinajstić information content (AvgIpc) is 3.60. The van der Waals surface area contributed by atoms with Gasteiger partial charge in [-0.25, -0.2) is 17.9 Å². The molecule has 2 aliphatic carbocycles. The lowest BCUT2D eigenvalue weighted by molar-refractivity contribution is -0.117. The molecule has 0 bridgehead atoms. The Morgan fingerprint density at radius 3 is 2.50 bits per heavy atom. The largest absolute Gasteiger partial charge is 0.497 e. The fraction of sp³-hybridized carbons (Fsp3) is 0.478. The monoisotopic (exact) mass is 506 g/mol. The smallest absolute Gasteiger partial charge is 0.319 e. The zero-order valence-corrected chi connectivity index (χ0v) is 20.9. The number of benzene rings is 1. The average molecular weight is 507 g/mol. The molecule has 34 heavy (non-hydrogen) atoms. The first-order chi connectivity index (χ1) is 16.3. The molecule has 2 aliphatic rings. The van der Waals surface area contributed by atoms with Gasteiger partial charge in [0.2, 0.25) is 15.9 Å². The fourth-order valence-electron chi connectivity index (χ4n) is 3.94. The van der Waals surface area contributed by atoms with E-state index in [9.17, 15) is 18.0 Å². The molecule has 1 unspecified atom stereocenters. The highest BCUT2D eigenvalue weighted by Crippen LogP contribution is 2.42. The van der Waals surface area contributed by atoms with Gasteiger partial charge in [0.1, 0.15) is 15.6 Å². The number of carbonyl (C=O) groups is 2. The fourth-order valence-corrected chi connectivity index (χ4v) is 7.05. The number of nitrogens with one attached hydrogen (secondary N) is 4. The Balaban J connectivity index is 1.51. The SMILES string of the molecule is CCCNS(=O)(=O)c1c(NC(=O)C2CC2)sc2c1CC(NC(=O)Nc1ccc(OC)cc1)CC2. The molecule has 0 saturated heterocycles. The van der Waals surface area contributed by atoms with Crippen LogP contribution in [0.1, 0.15) is 43.0 Å². The standard InChI is InChI=1S/C23H30N4O5S2/c1-3-12-24-34(30,31)20-18-13-16(26-23(29)25-15-6-9-17(32-2)10-7-15)8-11-19(18)33-22(20)27-21(28)14-4-5-14/h6-7,9-10,14,16,24H,3-5,8,11-13H2,1-2H3,(H,27,28)(H2,25,26,29). The number of sulfonamides is 1. The molecule has 1 saturated carbocycles. The molecule has 4 rings (SSSR count). The van der Waals surface area contributed by atoms with Crippen molar-refractivity contribution in [3.8, 4) is 5.75 Å². The first kappa shape index (κ1) is 24.5. The summed E-state index contributed by atoms with van der Waals surface area (Å²) in [5.41, 5.74) is 1.31. The molecule has 9 nitrogen and oxygen atoms in total. The Hall–Kier alpha value is -2.63. The number of hydrogen-bond donors (Lipinski definition) is 4. The summed E-state index contributed by atoms with van der Waals surface area (Å²) in [6, 6.07) is 6.42. The number of amides is 3. The molecule has 1 aromatic heterocycles. The Kier molecular flexibility index (Phi) is 7.44.